The average molecular weight is 209 g/mol. The number of benzene rings is 1. The molecule has 0 spiro atoms. The summed E-state index contributed by atoms with van der Waals surface area (Å²) in [6.45, 7) is 0.546. The fraction of sp³-hybridized carbons (Fsp3) is 0.250. The summed E-state index contributed by atoms with van der Waals surface area (Å²) < 4.78 is 0. The van der Waals surface area contributed by atoms with Crippen LogP contribution in [0.2, 0.25) is 0 Å². The molecule has 0 atom stereocenters. The smallest absolute Gasteiger partial charge is 0.157 e. The Morgan fingerprint density at radius 3 is 2.33 bits per heavy atom. The van der Waals surface area contributed by atoms with Gasteiger partial charge in [0.05, 0.1) is 0 Å². The van der Waals surface area contributed by atoms with Crippen molar-refractivity contribution in [3.05, 3.63) is 23.8 Å². The maximum Gasteiger partial charge on any atom is 0.157 e. The van der Waals surface area contributed by atoms with Crippen LogP contribution in [-0.2, 0) is 23.5 Å². The molecule has 4 N–H and O–H groups in total. The molecule has 1 rings (SSSR count). The molecule has 0 heterocycles. The summed E-state index contributed by atoms with van der Waals surface area (Å²) in [6.07, 6.45) is 0.716. The van der Waals surface area contributed by atoms with Crippen LogP contribution in [0.4, 0.5) is 0 Å². The van der Waals surface area contributed by atoms with Crippen molar-refractivity contribution in [2.75, 3.05) is 6.54 Å². The minimum absolute atomic E-state index is 0. The molecular formula is C8H11FeNO2. The van der Waals surface area contributed by atoms with Crippen LogP contribution in [0.3, 0.4) is 0 Å². The molecule has 0 unspecified atom stereocenters. The van der Waals surface area contributed by atoms with Crippen molar-refractivity contribution in [3.63, 3.8) is 0 Å². The minimum Gasteiger partial charge on any atom is -0.504 e. The van der Waals surface area contributed by atoms with Crippen molar-refractivity contribution in [3.8, 4) is 11.5 Å². The van der Waals surface area contributed by atoms with Crippen LogP contribution in [0, 0.1) is 0 Å². The molecular weight excluding hydrogens is 198 g/mol. The van der Waals surface area contributed by atoms with Gasteiger partial charge in [0.15, 0.2) is 11.5 Å². The van der Waals surface area contributed by atoms with E-state index >= 15 is 0 Å². The first-order valence-corrected chi connectivity index (χ1v) is 3.45. The number of hydrogen-bond donors (Lipinski definition) is 3. The van der Waals surface area contributed by atoms with Crippen molar-refractivity contribution in [2.45, 2.75) is 6.42 Å². The van der Waals surface area contributed by atoms with E-state index in [1.165, 1.54) is 12.1 Å². The van der Waals surface area contributed by atoms with Gasteiger partial charge in [-0.2, -0.15) is 0 Å². The molecule has 0 saturated heterocycles. The molecule has 0 aromatic heterocycles. The predicted molar refractivity (Wildman–Crippen MR) is 42.5 cm³/mol. The van der Waals surface area contributed by atoms with E-state index in [2.05, 4.69) is 0 Å². The third-order valence-corrected chi connectivity index (χ3v) is 1.47. The normalized spacial score (nSPS) is 9.08. The molecule has 0 aliphatic carbocycles. The fourth-order valence-electron chi connectivity index (χ4n) is 0.891. The Bertz CT molecular complexity index is 253. The zero-order valence-electron chi connectivity index (χ0n) is 6.47. The Labute approximate surface area is 81.7 Å². The van der Waals surface area contributed by atoms with Crippen LogP contribution in [0.15, 0.2) is 18.2 Å². The predicted octanol–water partition coefficient (Wildman–Crippen LogP) is 0.596. The molecule has 0 bridgehead atoms. The Morgan fingerprint density at radius 1 is 1.17 bits per heavy atom. The second-order valence-corrected chi connectivity index (χ2v) is 2.36. The average Bonchev–Trinajstić information content (AvgIpc) is 1.98. The summed E-state index contributed by atoms with van der Waals surface area (Å²) in [6, 6.07) is 4.71. The maximum atomic E-state index is 9.04. The summed E-state index contributed by atoms with van der Waals surface area (Å²) >= 11 is 0. The van der Waals surface area contributed by atoms with Crippen molar-refractivity contribution in [2.24, 2.45) is 5.73 Å². The third kappa shape index (κ3) is 2.74. The number of rotatable bonds is 2. The molecule has 0 amide bonds. The SMILES string of the molecule is NCCc1ccc(O)c(O)c1.[Fe]. The Kier molecular flexibility index (Phi) is 4.74. The van der Waals surface area contributed by atoms with Crippen molar-refractivity contribution < 1.29 is 27.3 Å². The third-order valence-electron chi connectivity index (χ3n) is 1.47. The first kappa shape index (κ1) is 11.3. The zero-order chi connectivity index (χ0) is 8.27. The van der Waals surface area contributed by atoms with Gasteiger partial charge < -0.3 is 15.9 Å². The van der Waals surface area contributed by atoms with Gasteiger partial charge in [-0.25, -0.2) is 0 Å². The molecule has 0 aliphatic heterocycles. The maximum absolute atomic E-state index is 9.04. The van der Waals surface area contributed by atoms with Gasteiger partial charge in [0.1, 0.15) is 0 Å². The minimum atomic E-state index is -0.0919. The van der Waals surface area contributed by atoms with Crippen molar-refractivity contribution >= 4 is 0 Å². The Morgan fingerprint density at radius 2 is 1.83 bits per heavy atom. The first-order valence-electron chi connectivity index (χ1n) is 3.45. The monoisotopic (exact) mass is 209 g/mol. The van der Waals surface area contributed by atoms with E-state index in [0.717, 1.165) is 5.56 Å². The van der Waals surface area contributed by atoms with Crippen LogP contribution >= 0.6 is 0 Å². The molecule has 12 heavy (non-hydrogen) atoms. The molecule has 68 valence electrons. The van der Waals surface area contributed by atoms with E-state index in [1.54, 1.807) is 6.07 Å². The van der Waals surface area contributed by atoms with Gasteiger partial charge in [-0.15, -0.1) is 0 Å². The van der Waals surface area contributed by atoms with Gasteiger partial charge in [-0.3, -0.25) is 0 Å². The van der Waals surface area contributed by atoms with Gasteiger partial charge >= 0.3 is 0 Å². The molecule has 0 aliphatic rings. The van der Waals surface area contributed by atoms with E-state index in [-0.39, 0.29) is 28.6 Å². The summed E-state index contributed by atoms with van der Waals surface area (Å²) in [7, 11) is 0. The van der Waals surface area contributed by atoms with Gasteiger partial charge in [0.2, 0.25) is 0 Å². The number of phenolic OH excluding ortho intramolecular Hbond substituents is 2. The van der Waals surface area contributed by atoms with E-state index in [0.29, 0.717) is 13.0 Å². The molecule has 1 aromatic rings. The molecule has 0 saturated carbocycles. The molecule has 1 aromatic carbocycles. The van der Waals surface area contributed by atoms with Gasteiger partial charge in [-0.1, -0.05) is 6.07 Å². The molecule has 0 fully saturated rings. The molecule has 0 radical (unpaired) electrons. The topological polar surface area (TPSA) is 66.5 Å². The summed E-state index contributed by atoms with van der Waals surface area (Å²) in [5, 5.41) is 18.0. The number of hydrogen-bond acceptors (Lipinski definition) is 3. The first-order chi connectivity index (χ1) is 5.24. The quantitative estimate of drug-likeness (QED) is 0.493. The second-order valence-electron chi connectivity index (χ2n) is 2.36. The van der Waals surface area contributed by atoms with Gasteiger partial charge in [0, 0.05) is 17.1 Å². The summed E-state index contributed by atoms with van der Waals surface area (Å²) in [4.78, 5) is 0. The standard InChI is InChI=1S/C8H11NO2.Fe/c9-4-3-6-1-2-7(10)8(11)5-6;/h1-2,5,10-11H,3-4,9H2;. The Hall–Kier alpha value is -0.701. The van der Waals surface area contributed by atoms with Crippen LogP contribution in [0.5, 0.6) is 11.5 Å². The largest absolute Gasteiger partial charge is 0.504 e. The Balaban J connectivity index is 0.00000121. The second kappa shape index (κ2) is 5.04. The number of phenols is 2. The zero-order valence-corrected chi connectivity index (χ0v) is 7.58. The summed E-state index contributed by atoms with van der Waals surface area (Å²) in [5.74, 6) is -0.179. The van der Waals surface area contributed by atoms with Gasteiger partial charge in [-0.05, 0) is 30.7 Å². The fourth-order valence-corrected chi connectivity index (χ4v) is 0.891. The van der Waals surface area contributed by atoms with Crippen molar-refractivity contribution in [1.82, 2.24) is 0 Å². The molecule has 4 heteroatoms. The van der Waals surface area contributed by atoms with E-state index in [1.807, 2.05) is 0 Å². The number of aromatic hydroxyl groups is 2. The van der Waals surface area contributed by atoms with E-state index < -0.39 is 0 Å². The number of nitrogens with two attached hydrogens (primary N) is 1. The molecule has 3 nitrogen and oxygen atoms in total. The van der Waals surface area contributed by atoms with E-state index in [9.17, 15) is 0 Å². The van der Waals surface area contributed by atoms with Crippen LogP contribution in [0.1, 0.15) is 5.56 Å². The van der Waals surface area contributed by atoms with E-state index in [4.69, 9.17) is 15.9 Å². The summed E-state index contributed by atoms with van der Waals surface area (Å²) in [5.41, 5.74) is 6.24. The van der Waals surface area contributed by atoms with Crippen LogP contribution in [0.25, 0.3) is 0 Å². The van der Waals surface area contributed by atoms with Crippen LogP contribution < -0.4 is 5.73 Å². The van der Waals surface area contributed by atoms with Gasteiger partial charge in [0.25, 0.3) is 0 Å². The van der Waals surface area contributed by atoms with Crippen molar-refractivity contribution in [1.29, 1.82) is 0 Å². The van der Waals surface area contributed by atoms with Crippen LogP contribution in [-0.4, -0.2) is 16.8 Å².